The molecule has 2 N–H and O–H groups in total. The van der Waals surface area contributed by atoms with E-state index in [4.69, 9.17) is 15.0 Å². The number of aromatic nitrogens is 2. The number of hydrogen-bond donors (Lipinski definition) is 1. The zero-order valence-electron chi connectivity index (χ0n) is 12.5. The summed E-state index contributed by atoms with van der Waals surface area (Å²) in [7, 11) is 1.63. The lowest BCUT2D eigenvalue weighted by Crippen LogP contribution is -2.15. The van der Waals surface area contributed by atoms with Gasteiger partial charge in [0.25, 0.3) is 0 Å². The van der Waals surface area contributed by atoms with Gasteiger partial charge < -0.3 is 15.0 Å². The van der Waals surface area contributed by atoms with Crippen LogP contribution in [0.3, 0.4) is 0 Å². The van der Waals surface area contributed by atoms with Crippen LogP contribution in [0.4, 0.5) is 0 Å². The van der Waals surface area contributed by atoms with Crippen LogP contribution in [0.15, 0.2) is 27.2 Å². The Balaban J connectivity index is 2.24. The quantitative estimate of drug-likeness (QED) is 0.858. The fourth-order valence-electron chi connectivity index (χ4n) is 2.19. The van der Waals surface area contributed by atoms with Crippen LogP contribution >= 0.6 is 15.9 Å². The van der Waals surface area contributed by atoms with Crippen LogP contribution < -0.4 is 10.5 Å². The van der Waals surface area contributed by atoms with Crippen LogP contribution in [-0.4, -0.2) is 23.8 Å². The maximum atomic E-state index is 5.81. The molecule has 114 valence electrons. The first kappa shape index (κ1) is 16.0. The second-order valence-corrected chi connectivity index (χ2v) is 6.22. The summed E-state index contributed by atoms with van der Waals surface area (Å²) in [5.74, 6) is 2.57. The number of rotatable bonds is 6. The van der Waals surface area contributed by atoms with Crippen molar-refractivity contribution in [3.05, 3.63) is 28.6 Å². The van der Waals surface area contributed by atoms with Crippen LogP contribution in [0.1, 0.15) is 32.1 Å². The van der Waals surface area contributed by atoms with Crippen molar-refractivity contribution in [3.63, 3.8) is 0 Å². The number of ether oxygens (including phenoxy) is 1. The lowest BCUT2D eigenvalue weighted by Gasteiger charge is -2.11. The van der Waals surface area contributed by atoms with Crippen molar-refractivity contribution < 1.29 is 9.26 Å². The van der Waals surface area contributed by atoms with Gasteiger partial charge in [0.2, 0.25) is 11.7 Å². The fourth-order valence-corrected chi connectivity index (χ4v) is 2.73. The zero-order valence-corrected chi connectivity index (χ0v) is 14.1. The summed E-state index contributed by atoms with van der Waals surface area (Å²) in [5.41, 5.74) is 6.68. The van der Waals surface area contributed by atoms with Crippen LogP contribution in [0.2, 0.25) is 0 Å². The largest absolute Gasteiger partial charge is 0.496 e. The van der Waals surface area contributed by atoms with Gasteiger partial charge in [-0.1, -0.05) is 19.0 Å². The minimum atomic E-state index is 0.105. The van der Waals surface area contributed by atoms with Crippen molar-refractivity contribution in [3.8, 4) is 17.1 Å². The molecule has 1 aromatic carbocycles. The summed E-state index contributed by atoms with van der Waals surface area (Å²) in [6.45, 7) is 4.81. The third-order valence-electron chi connectivity index (χ3n) is 3.24. The molecular formula is C15H20BrN3O2. The molecule has 6 heteroatoms. The Labute approximate surface area is 133 Å². The average molecular weight is 354 g/mol. The molecule has 0 aliphatic heterocycles. The molecule has 0 amide bonds. The second-order valence-electron chi connectivity index (χ2n) is 5.37. The first-order chi connectivity index (χ1) is 10.0. The molecule has 21 heavy (non-hydrogen) atoms. The summed E-state index contributed by atoms with van der Waals surface area (Å²) in [4.78, 5) is 4.48. The van der Waals surface area contributed by atoms with Crippen molar-refractivity contribution in [2.45, 2.75) is 26.2 Å². The summed E-state index contributed by atoms with van der Waals surface area (Å²) in [6.07, 6.45) is 0.935. The molecule has 2 aromatic rings. The van der Waals surface area contributed by atoms with Gasteiger partial charge in [-0.25, -0.2) is 0 Å². The van der Waals surface area contributed by atoms with Crippen molar-refractivity contribution in [1.29, 1.82) is 0 Å². The minimum absolute atomic E-state index is 0.105. The van der Waals surface area contributed by atoms with Gasteiger partial charge in [-0.15, -0.1) is 0 Å². The van der Waals surface area contributed by atoms with Gasteiger partial charge in [-0.2, -0.15) is 4.98 Å². The Morgan fingerprint density at radius 1 is 1.38 bits per heavy atom. The molecule has 1 heterocycles. The molecule has 0 aliphatic carbocycles. The molecule has 0 saturated carbocycles. The molecule has 0 spiro atoms. The zero-order chi connectivity index (χ0) is 15.4. The molecule has 0 bridgehead atoms. The van der Waals surface area contributed by atoms with E-state index in [1.807, 2.05) is 18.2 Å². The van der Waals surface area contributed by atoms with Crippen molar-refractivity contribution in [2.24, 2.45) is 11.7 Å². The van der Waals surface area contributed by atoms with Crippen LogP contribution in [-0.2, 0) is 0 Å². The third kappa shape index (κ3) is 3.83. The number of methoxy groups -OCH3 is 1. The minimum Gasteiger partial charge on any atom is -0.496 e. The first-order valence-electron chi connectivity index (χ1n) is 6.92. The van der Waals surface area contributed by atoms with Crippen LogP contribution in [0.25, 0.3) is 11.4 Å². The third-order valence-corrected chi connectivity index (χ3v) is 3.86. The highest BCUT2D eigenvalue weighted by Crippen LogP contribution is 2.30. The van der Waals surface area contributed by atoms with Gasteiger partial charge in [0.05, 0.1) is 17.5 Å². The van der Waals surface area contributed by atoms with Crippen molar-refractivity contribution in [1.82, 2.24) is 10.1 Å². The average Bonchev–Trinajstić information content (AvgIpc) is 2.94. The molecule has 5 nitrogen and oxygen atoms in total. The Morgan fingerprint density at radius 3 is 2.71 bits per heavy atom. The van der Waals surface area contributed by atoms with Crippen LogP contribution in [0.5, 0.6) is 5.75 Å². The summed E-state index contributed by atoms with van der Waals surface area (Å²) in [5, 5.41) is 4.06. The van der Waals surface area contributed by atoms with E-state index in [9.17, 15) is 0 Å². The molecule has 0 aliphatic rings. The monoisotopic (exact) mass is 353 g/mol. The predicted molar refractivity (Wildman–Crippen MR) is 85.2 cm³/mol. The maximum Gasteiger partial charge on any atom is 0.231 e. The number of benzene rings is 1. The number of nitrogens with two attached hydrogens (primary N) is 1. The highest BCUT2D eigenvalue weighted by molar-refractivity contribution is 9.10. The molecule has 2 rings (SSSR count). The highest BCUT2D eigenvalue weighted by Gasteiger charge is 2.19. The second kappa shape index (κ2) is 7.04. The first-order valence-corrected chi connectivity index (χ1v) is 7.72. The van der Waals surface area contributed by atoms with Gasteiger partial charge in [-0.05, 0) is 46.5 Å². The Kier molecular flexibility index (Phi) is 5.36. The number of halogens is 1. The van der Waals surface area contributed by atoms with E-state index < -0.39 is 0 Å². The van der Waals surface area contributed by atoms with Gasteiger partial charge in [-0.3, -0.25) is 0 Å². The molecule has 1 aromatic heterocycles. The van der Waals surface area contributed by atoms with E-state index in [0.29, 0.717) is 24.2 Å². The topological polar surface area (TPSA) is 74.2 Å². The lowest BCUT2D eigenvalue weighted by atomic mass is 9.97. The van der Waals surface area contributed by atoms with E-state index in [-0.39, 0.29) is 5.92 Å². The van der Waals surface area contributed by atoms with Crippen molar-refractivity contribution in [2.75, 3.05) is 13.7 Å². The van der Waals surface area contributed by atoms with E-state index in [2.05, 4.69) is 39.9 Å². The highest BCUT2D eigenvalue weighted by atomic mass is 79.9. The Bertz CT molecular complexity index is 598. The van der Waals surface area contributed by atoms with Gasteiger partial charge >= 0.3 is 0 Å². The van der Waals surface area contributed by atoms with Gasteiger partial charge in [0, 0.05) is 12.1 Å². The summed E-state index contributed by atoms with van der Waals surface area (Å²) >= 11 is 3.46. The predicted octanol–water partition coefficient (Wildman–Crippen LogP) is 3.60. The Morgan fingerprint density at radius 2 is 2.14 bits per heavy atom. The van der Waals surface area contributed by atoms with Gasteiger partial charge in [0.1, 0.15) is 5.75 Å². The SMILES string of the molecule is COc1ccc(-c2noc(C(CN)CC(C)C)n2)cc1Br. The molecule has 0 fully saturated rings. The van der Waals surface area contributed by atoms with E-state index in [1.165, 1.54) is 0 Å². The van der Waals surface area contributed by atoms with Crippen LogP contribution in [0, 0.1) is 5.92 Å². The van der Waals surface area contributed by atoms with Crippen molar-refractivity contribution >= 4 is 15.9 Å². The molecule has 1 atom stereocenters. The molecule has 0 saturated heterocycles. The lowest BCUT2D eigenvalue weighted by molar-refractivity contribution is 0.335. The summed E-state index contributed by atoms with van der Waals surface area (Å²) < 4.78 is 11.4. The fraction of sp³-hybridized carbons (Fsp3) is 0.467. The normalized spacial score (nSPS) is 12.7. The number of hydrogen-bond acceptors (Lipinski definition) is 5. The van der Waals surface area contributed by atoms with E-state index in [1.54, 1.807) is 7.11 Å². The van der Waals surface area contributed by atoms with Gasteiger partial charge in [0.15, 0.2) is 0 Å². The van der Waals surface area contributed by atoms with E-state index >= 15 is 0 Å². The number of nitrogens with zero attached hydrogens (tertiary/aromatic N) is 2. The summed E-state index contributed by atoms with van der Waals surface area (Å²) in [6, 6.07) is 5.68. The standard InChI is InChI=1S/C15H20BrN3O2/c1-9(2)6-11(8-17)15-18-14(19-21-15)10-4-5-13(20-3)12(16)7-10/h4-5,7,9,11H,6,8,17H2,1-3H3. The maximum absolute atomic E-state index is 5.81. The Hall–Kier alpha value is -1.40. The molecule has 0 radical (unpaired) electrons. The molecular weight excluding hydrogens is 334 g/mol. The smallest absolute Gasteiger partial charge is 0.231 e. The van der Waals surface area contributed by atoms with E-state index in [0.717, 1.165) is 22.2 Å². The molecule has 1 unspecified atom stereocenters.